The summed E-state index contributed by atoms with van der Waals surface area (Å²) in [5.41, 5.74) is -4.26. The van der Waals surface area contributed by atoms with Gasteiger partial charge in [-0.3, -0.25) is 0 Å². The van der Waals surface area contributed by atoms with Crippen molar-refractivity contribution in [2.45, 2.75) is 82.3 Å². The number of hydrogen-bond acceptors (Lipinski definition) is 3. The maximum Gasteiger partial charge on any atom is 0.443 e. The molecule has 1 heterocycles. The number of rotatable bonds is 5. The summed E-state index contributed by atoms with van der Waals surface area (Å²) in [6, 6.07) is 7.59. The van der Waals surface area contributed by atoms with Crippen molar-refractivity contribution in [2.24, 2.45) is 9.98 Å². The normalized spacial score (nSPS) is 20.7. The maximum atomic E-state index is 13.9. The molecule has 3 rings (SSSR count). The first kappa shape index (κ1) is 22.6. The van der Waals surface area contributed by atoms with Crippen LogP contribution in [0.5, 0.6) is 0 Å². The molecule has 0 spiro atoms. The fraction of sp³-hybridized carbons (Fsp3) is 0.619. The molecule has 3 nitrogen and oxygen atoms in total. The number of alkyl halides is 6. The van der Waals surface area contributed by atoms with Crippen molar-refractivity contribution >= 4 is 11.7 Å². The van der Waals surface area contributed by atoms with Crippen LogP contribution in [0.1, 0.15) is 63.9 Å². The first-order valence-corrected chi connectivity index (χ1v) is 10.3. The lowest BCUT2D eigenvalue weighted by atomic mass is 9.92. The lowest BCUT2D eigenvalue weighted by Crippen LogP contribution is -2.61. The highest BCUT2D eigenvalue weighted by atomic mass is 19.4. The molecule has 0 saturated heterocycles. The van der Waals surface area contributed by atoms with Gasteiger partial charge in [0.25, 0.3) is 0 Å². The Balaban J connectivity index is 2.24. The van der Waals surface area contributed by atoms with Crippen molar-refractivity contribution in [3.8, 4) is 0 Å². The Morgan fingerprint density at radius 2 is 1.53 bits per heavy atom. The minimum atomic E-state index is -5.71. The Morgan fingerprint density at radius 1 is 0.933 bits per heavy atom. The lowest BCUT2D eigenvalue weighted by Gasteiger charge is -2.44. The summed E-state index contributed by atoms with van der Waals surface area (Å²) >= 11 is 0. The second-order valence-corrected chi connectivity index (χ2v) is 7.76. The molecule has 0 bridgehead atoms. The number of benzene rings is 1. The van der Waals surface area contributed by atoms with Crippen molar-refractivity contribution in [1.82, 2.24) is 4.90 Å². The van der Waals surface area contributed by atoms with E-state index in [0.717, 1.165) is 19.3 Å². The molecule has 9 heteroatoms. The van der Waals surface area contributed by atoms with E-state index in [1.807, 2.05) is 6.92 Å². The van der Waals surface area contributed by atoms with E-state index in [1.54, 1.807) is 23.1 Å². The Kier molecular flexibility index (Phi) is 6.48. The zero-order chi connectivity index (χ0) is 22.0. The SMILES string of the molecule is CCCCC1=NC(C(F)(F)F)(C(F)(F)F)N=C(c2ccccc2)N1C1CCCCC1. The molecular formula is C21H25F6N3. The standard InChI is InChI=1S/C21H25F6N3/c1-2-3-14-17-28-19(20(22,23)24,21(25,26)27)29-18(15-10-6-4-7-11-15)30(17)16-12-8-5-9-13-16/h4,6-7,10-11,16H,2-3,5,8-9,12-14H2,1H3. The highest BCUT2D eigenvalue weighted by molar-refractivity contribution is 6.11. The summed E-state index contributed by atoms with van der Waals surface area (Å²) in [6.07, 6.45) is -6.21. The molecule has 1 aromatic rings. The molecule has 0 radical (unpaired) electrons. The summed E-state index contributed by atoms with van der Waals surface area (Å²) < 4.78 is 83.4. The van der Waals surface area contributed by atoms with Gasteiger partial charge in [0.1, 0.15) is 11.7 Å². The van der Waals surface area contributed by atoms with Crippen LogP contribution in [0.25, 0.3) is 0 Å². The lowest BCUT2D eigenvalue weighted by molar-refractivity contribution is -0.293. The third kappa shape index (κ3) is 4.21. The Hall–Kier alpha value is -2.06. The molecule has 0 unspecified atom stereocenters. The van der Waals surface area contributed by atoms with E-state index in [2.05, 4.69) is 9.98 Å². The van der Waals surface area contributed by atoms with E-state index in [-0.39, 0.29) is 29.7 Å². The topological polar surface area (TPSA) is 28.0 Å². The van der Waals surface area contributed by atoms with Crippen molar-refractivity contribution in [1.29, 1.82) is 0 Å². The predicted octanol–water partition coefficient (Wildman–Crippen LogP) is 6.49. The summed E-state index contributed by atoms with van der Waals surface area (Å²) in [7, 11) is 0. The fourth-order valence-electron chi connectivity index (χ4n) is 4.03. The fourth-order valence-corrected chi connectivity index (χ4v) is 4.03. The number of unbranched alkanes of at least 4 members (excludes halogenated alkanes) is 1. The number of hydrogen-bond donors (Lipinski definition) is 0. The molecular weight excluding hydrogens is 408 g/mol. The number of aliphatic imine (C=N–C) groups is 2. The van der Waals surface area contributed by atoms with Gasteiger partial charge >= 0.3 is 18.0 Å². The summed E-state index contributed by atoms with van der Waals surface area (Å²) in [6.45, 7) is 1.83. The first-order chi connectivity index (χ1) is 14.1. The zero-order valence-corrected chi connectivity index (χ0v) is 16.7. The largest absolute Gasteiger partial charge is 0.443 e. The van der Waals surface area contributed by atoms with E-state index in [0.29, 0.717) is 25.7 Å². The van der Waals surface area contributed by atoms with Gasteiger partial charge in [0.15, 0.2) is 0 Å². The molecule has 0 aromatic heterocycles. The van der Waals surface area contributed by atoms with Crippen molar-refractivity contribution in [3.05, 3.63) is 35.9 Å². The molecule has 30 heavy (non-hydrogen) atoms. The summed E-state index contributed by atoms with van der Waals surface area (Å²) in [5.74, 6) is -0.467. The van der Waals surface area contributed by atoms with Gasteiger partial charge in [-0.2, -0.15) is 26.3 Å². The molecule has 1 aliphatic carbocycles. The minimum Gasteiger partial charge on any atom is -0.311 e. The molecule has 2 aliphatic rings. The highest BCUT2D eigenvalue weighted by Gasteiger charge is 2.74. The van der Waals surface area contributed by atoms with Crippen LogP contribution in [0.15, 0.2) is 40.3 Å². The van der Waals surface area contributed by atoms with Crippen LogP contribution in [0, 0.1) is 0 Å². The van der Waals surface area contributed by atoms with E-state index in [4.69, 9.17) is 0 Å². The van der Waals surface area contributed by atoms with E-state index in [1.165, 1.54) is 12.1 Å². The van der Waals surface area contributed by atoms with Crippen LogP contribution < -0.4 is 0 Å². The first-order valence-electron chi connectivity index (χ1n) is 10.3. The molecule has 0 amide bonds. The third-order valence-corrected chi connectivity index (χ3v) is 5.58. The minimum absolute atomic E-state index is 0.0345. The van der Waals surface area contributed by atoms with Gasteiger partial charge in [-0.1, -0.05) is 62.9 Å². The van der Waals surface area contributed by atoms with Gasteiger partial charge in [-0.15, -0.1) is 0 Å². The van der Waals surface area contributed by atoms with Gasteiger partial charge in [-0.05, 0) is 19.3 Å². The molecule has 1 aromatic carbocycles. The van der Waals surface area contributed by atoms with Gasteiger partial charge in [0.05, 0.1) is 0 Å². The van der Waals surface area contributed by atoms with Gasteiger partial charge in [-0.25, -0.2) is 9.98 Å². The molecule has 0 atom stereocenters. The van der Waals surface area contributed by atoms with E-state index in [9.17, 15) is 26.3 Å². The quantitative estimate of drug-likeness (QED) is 0.488. The van der Waals surface area contributed by atoms with Crippen LogP contribution in [0.3, 0.4) is 0 Å². The average molecular weight is 433 g/mol. The van der Waals surface area contributed by atoms with Crippen LogP contribution in [0.2, 0.25) is 0 Å². The van der Waals surface area contributed by atoms with Gasteiger partial charge in [0.2, 0.25) is 0 Å². The van der Waals surface area contributed by atoms with Crippen molar-refractivity contribution < 1.29 is 26.3 Å². The second kappa shape index (κ2) is 8.59. The Morgan fingerprint density at radius 3 is 2.07 bits per heavy atom. The summed E-state index contributed by atoms with van der Waals surface area (Å²) in [4.78, 5) is 8.23. The Bertz CT molecular complexity index is 762. The van der Waals surface area contributed by atoms with E-state index < -0.39 is 18.0 Å². The number of amidine groups is 2. The number of nitrogens with zero attached hydrogens (tertiary/aromatic N) is 3. The van der Waals surface area contributed by atoms with Crippen LogP contribution in [-0.4, -0.2) is 40.6 Å². The molecule has 166 valence electrons. The van der Waals surface area contributed by atoms with Crippen molar-refractivity contribution in [2.75, 3.05) is 0 Å². The zero-order valence-electron chi connectivity index (χ0n) is 16.7. The molecule has 1 saturated carbocycles. The van der Waals surface area contributed by atoms with Gasteiger partial charge < -0.3 is 4.90 Å². The molecule has 1 fully saturated rings. The maximum absolute atomic E-state index is 13.9. The highest BCUT2D eigenvalue weighted by Crippen LogP contribution is 2.49. The molecule has 1 aliphatic heterocycles. The monoisotopic (exact) mass is 433 g/mol. The Labute approximate surface area is 171 Å². The second-order valence-electron chi connectivity index (χ2n) is 7.76. The summed E-state index contributed by atoms with van der Waals surface area (Å²) in [5, 5.41) is 0. The average Bonchev–Trinajstić information content (AvgIpc) is 2.71. The van der Waals surface area contributed by atoms with Gasteiger partial charge in [0, 0.05) is 18.0 Å². The van der Waals surface area contributed by atoms with Crippen LogP contribution in [-0.2, 0) is 0 Å². The molecule has 0 N–H and O–H groups in total. The van der Waals surface area contributed by atoms with Crippen LogP contribution >= 0.6 is 0 Å². The predicted molar refractivity (Wildman–Crippen MR) is 103 cm³/mol. The van der Waals surface area contributed by atoms with Crippen molar-refractivity contribution in [3.63, 3.8) is 0 Å². The smallest absolute Gasteiger partial charge is 0.311 e. The number of halogens is 6. The van der Waals surface area contributed by atoms with E-state index >= 15 is 0 Å². The van der Waals surface area contributed by atoms with Crippen LogP contribution in [0.4, 0.5) is 26.3 Å². The third-order valence-electron chi connectivity index (χ3n) is 5.58.